The number of aliphatic hydroxyl groups is 1. The fourth-order valence-corrected chi connectivity index (χ4v) is 3.72. The predicted octanol–water partition coefficient (Wildman–Crippen LogP) is 3.24. The Labute approximate surface area is 149 Å². The fourth-order valence-electron chi connectivity index (χ4n) is 2.06. The van der Waals surface area contributed by atoms with E-state index in [1.807, 2.05) is 35.9 Å². The molecule has 0 aliphatic carbocycles. The lowest BCUT2D eigenvalue weighted by Crippen LogP contribution is -2.38. The first-order chi connectivity index (χ1) is 11.1. The monoisotopic (exact) mass is 370 g/mol. The summed E-state index contributed by atoms with van der Waals surface area (Å²) in [6, 6.07) is 7.32. The van der Waals surface area contributed by atoms with E-state index in [4.69, 9.17) is 11.6 Å². The largest absolute Gasteiger partial charge is 0.394 e. The molecular formula is C16H19ClN2O2S2. The van der Waals surface area contributed by atoms with Gasteiger partial charge in [0.05, 0.1) is 29.8 Å². The normalized spacial score (nSPS) is 12.1. The molecule has 0 unspecified atom stereocenters. The minimum Gasteiger partial charge on any atom is -0.394 e. The number of nitrogens with one attached hydrogen (secondary N) is 1. The third-order valence-corrected chi connectivity index (χ3v) is 5.15. The minimum atomic E-state index is -0.198. The lowest BCUT2D eigenvalue weighted by molar-refractivity contribution is -0.121. The fraction of sp³-hybridized carbons (Fsp3) is 0.375. The molecule has 7 heteroatoms. The Hall–Kier alpha value is -1.08. The maximum absolute atomic E-state index is 12.1. The van der Waals surface area contributed by atoms with Gasteiger partial charge in [0.25, 0.3) is 0 Å². The van der Waals surface area contributed by atoms with Crippen molar-refractivity contribution >= 4 is 40.6 Å². The van der Waals surface area contributed by atoms with Crippen molar-refractivity contribution in [2.45, 2.75) is 18.9 Å². The van der Waals surface area contributed by atoms with Gasteiger partial charge < -0.3 is 10.4 Å². The van der Waals surface area contributed by atoms with Crippen LogP contribution >= 0.6 is 34.7 Å². The number of benzene rings is 1. The van der Waals surface area contributed by atoms with Crippen LogP contribution in [0.5, 0.6) is 0 Å². The van der Waals surface area contributed by atoms with E-state index in [0.717, 1.165) is 22.7 Å². The summed E-state index contributed by atoms with van der Waals surface area (Å²) in [5, 5.41) is 15.5. The van der Waals surface area contributed by atoms with E-state index in [-0.39, 0.29) is 25.0 Å². The summed E-state index contributed by atoms with van der Waals surface area (Å²) in [6.45, 7) is -0.0474. The van der Waals surface area contributed by atoms with E-state index in [1.165, 1.54) is 11.3 Å². The SMILES string of the molecule is CSCC[C@@H](CO)NC(=O)Cc1csc(-c2ccccc2Cl)n1. The molecule has 1 aromatic carbocycles. The highest BCUT2D eigenvalue weighted by atomic mass is 35.5. The lowest BCUT2D eigenvalue weighted by atomic mass is 10.2. The molecule has 1 aromatic heterocycles. The highest BCUT2D eigenvalue weighted by Crippen LogP contribution is 2.30. The first-order valence-corrected chi connectivity index (χ1v) is 9.87. The highest BCUT2D eigenvalue weighted by Gasteiger charge is 2.14. The second-order valence-corrected chi connectivity index (χ2v) is 7.28. The minimum absolute atomic E-state index is 0.0474. The summed E-state index contributed by atoms with van der Waals surface area (Å²) < 4.78 is 0. The third-order valence-electron chi connectivity index (χ3n) is 3.25. The topological polar surface area (TPSA) is 62.2 Å². The average Bonchev–Trinajstić information content (AvgIpc) is 3.00. The Morgan fingerprint density at radius 3 is 2.96 bits per heavy atom. The number of carbonyl (C=O) groups is 1. The molecule has 0 saturated carbocycles. The number of carbonyl (C=O) groups excluding carboxylic acids is 1. The average molecular weight is 371 g/mol. The van der Waals surface area contributed by atoms with E-state index in [0.29, 0.717) is 10.7 Å². The Morgan fingerprint density at radius 1 is 1.48 bits per heavy atom. The summed E-state index contributed by atoms with van der Waals surface area (Å²) in [6.07, 6.45) is 2.96. The Bertz CT molecular complexity index is 649. The van der Waals surface area contributed by atoms with Crippen LogP contribution in [0.3, 0.4) is 0 Å². The molecule has 2 aromatic rings. The van der Waals surface area contributed by atoms with E-state index in [9.17, 15) is 9.90 Å². The van der Waals surface area contributed by atoms with Crippen molar-refractivity contribution in [1.29, 1.82) is 0 Å². The molecular weight excluding hydrogens is 352 g/mol. The number of halogens is 1. The Kier molecular flexibility index (Phi) is 7.36. The maximum atomic E-state index is 12.1. The first kappa shape index (κ1) is 18.3. The summed E-state index contributed by atoms with van der Waals surface area (Å²) >= 11 is 9.33. The summed E-state index contributed by atoms with van der Waals surface area (Å²) in [5.74, 6) is 0.778. The van der Waals surface area contributed by atoms with Crippen molar-refractivity contribution in [2.24, 2.45) is 0 Å². The van der Waals surface area contributed by atoms with E-state index in [2.05, 4.69) is 10.3 Å². The van der Waals surface area contributed by atoms with Crippen LogP contribution in [0.25, 0.3) is 10.6 Å². The number of nitrogens with zero attached hydrogens (tertiary/aromatic N) is 1. The molecule has 0 aliphatic heterocycles. The van der Waals surface area contributed by atoms with Gasteiger partial charge >= 0.3 is 0 Å². The van der Waals surface area contributed by atoms with Crippen LogP contribution in [-0.4, -0.2) is 40.7 Å². The molecule has 4 nitrogen and oxygen atoms in total. The van der Waals surface area contributed by atoms with Crippen LogP contribution in [0, 0.1) is 0 Å². The van der Waals surface area contributed by atoms with Crippen molar-refractivity contribution in [2.75, 3.05) is 18.6 Å². The van der Waals surface area contributed by atoms with E-state index < -0.39 is 0 Å². The van der Waals surface area contributed by atoms with Crippen LogP contribution < -0.4 is 5.32 Å². The van der Waals surface area contributed by atoms with Gasteiger partial charge in [0.1, 0.15) is 5.01 Å². The number of amides is 1. The van der Waals surface area contributed by atoms with Gasteiger partial charge in [0.15, 0.2) is 0 Å². The van der Waals surface area contributed by atoms with Crippen LogP contribution in [0.4, 0.5) is 0 Å². The molecule has 1 amide bonds. The maximum Gasteiger partial charge on any atom is 0.226 e. The number of hydrogen-bond acceptors (Lipinski definition) is 5. The number of thioether (sulfide) groups is 1. The number of thiazole rings is 1. The van der Waals surface area contributed by atoms with Gasteiger partial charge in [-0.2, -0.15) is 11.8 Å². The number of aliphatic hydroxyl groups excluding tert-OH is 1. The second-order valence-electron chi connectivity index (χ2n) is 5.03. The molecule has 0 saturated heterocycles. The molecule has 0 aliphatic rings. The van der Waals surface area contributed by atoms with Gasteiger partial charge in [0, 0.05) is 10.9 Å². The zero-order valence-corrected chi connectivity index (χ0v) is 15.2. The summed E-state index contributed by atoms with van der Waals surface area (Å²) in [7, 11) is 0. The molecule has 0 radical (unpaired) electrons. The first-order valence-electron chi connectivity index (χ1n) is 7.22. The standard InChI is InChI=1S/C16H19ClN2O2S2/c1-22-7-6-11(9-20)18-15(21)8-12-10-23-16(19-12)13-4-2-3-5-14(13)17/h2-5,10-11,20H,6-9H2,1H3,(H,18,21)/t11-/m0/s1. The zero-order valence-electron chi connectivity index (χ0n) is 12.8. The summed E-state index contributed by atoms with van der Waals surface area (Å²) in [4.78, 5) is 16.6. The summed E-state index contributed by atoms with van der Waals surface area (Å²) in [5.41, 5.74) is 1.59. The number of aromatic nitrogens is 1. The third kappa shape index (κ3) is 5.49. The van der Waals surface area contributed by atoms with Crippen LogP contribution in [0.2, 0.25) is 5.02 Å². The molecule has 0 fully saturated rings. The lowest BCUT2D eigenvalue weighted by Gasteiger charge is -2.15. The van der Waals surface area contributed by atoms with Crippen LogP contribution in [0.15, 0.2) is 29.6 Å². The van der Waals surface area contributed by atoms with Gasteiger partial charge in [-0.15, -0.1) is 11.3 Å². The molecule has 0 spiro atoms. The molecule has 2 rings (SSSR count). The molecule has 1 heterocycles. The van der Waals surface area contributed by atoms with Gasteiger partial charge in [-0.1, -0.05) is 29.8 Å². The van der Waals surface area contributed by atoms with Gasteiger partial charge in [-0.25, -0.2) is 4.98 Å². The van der Waals surface area contributed by atoms with Crippen molar-refractivity contribution in [3.63, 3.8) is 0 Å². The van der Waals surface area contributed by atoms with Gasteiger partial charge in [-0.3, -0.25) is 4.79 Å². The van der Waals surface area contributed by atoms with Crippen molar-refractivity contribution in [1.82, 2.24) is 10.3 Å². The highest BCUT2D eigenvalue weighted by molar-refractivity contribution is 7.98. The van der Waals surface area contributed by atoms with Crippen LogP contribution in [-0.2, 0) is 11.2 Å². The number of hydrogen-bond donors (Lipinski definition) is 2. The van der Waals surface area contributed by atoms with Gasteiger partial charge in [-0.05, 0) is 24.5 Å². The predicted molar refractivity (Wildman–Crippen MR) is 98.3 cm³/mol. The Morgan fingerprint density at radius 2 is 2.26 bits per heavy atom. The smallest absolute Gasteiger partial charge is 0.226 e. The second kappa shape index (κ2) is 9.27. The van der Waals surface area contributed by atoms with Crippen molar-refractivity contribution < 1.29 is 9.90 Å². The molecule has 1 atom stereocenters. The van der Waals surface area contributed by atoms with E-state index >= 15 is 0 Å². The van der Waals surface area contributed by atoms with Crippen LogP contribution in [0.1, 0.15) is 12.1 Å². The molecule has 23 heavy (non-hydrogen) atoms. The quantitative estimate of drug-likeness (QED) is 0.748. The van der Waals surface area contributed by atoms with Gasteiger partial charge in [0.2, 0.25) is 5.91 Å². The van der Waals surface area contributed by atoms with Crippen molar-refractivity contribution in [3.8, 4) is 10.6 Å². The van der Waals surface area contributed by atoms with Crippen molar-refractivity contribution in [3.05, 3.63) is 40.4 Å². The molecule has 0 bridgehead atoms. The Balaban J connectivity index is 1.96. The number of rotatable bonds is 8. The molecule has 124 valence electrons. The molecule has 2 N–H and O–H groups in total. The van der Waals surface area contributed by atoms with E-state index in [1.54, 1.807) is 11.8 Å². The zero-order chi connectivity index (χ0) is 16.7.